The van der Waals surface area contributed by atoms with E-state index in [1.54, 1.807) is 23.1 Å². The highest BCUT2D eigenvalue weighted by Crippen LogP contribution is 2.49. The smallest absolute Gasteiger partial charge is 0.245 e. The maximum atomic E-state index is 14.2. The molecule has 1 aromatic rings. The highest BCUT2D eigenvalue weighted by Gasteiger charge is 2.53. The number of rotatable bonds is 6. The number of morpholine rings is 1. The van der Waals surface area contributed by atoms with Gasteiger partial charge < -0.3 is 15.0 Å². The minimum absolute atomic E-state index is 0.0697. The Labute approximate surface area is 153 Å². The fraction of sp³-hybridized carbons (Fsp3) is 0.600. The van der Waals surface area contributed by atoms with Crippen molar-refractivity contribution in [1.82, 2.24) is 10.2 Å². The second-order valence-electron chi connectivity index (χ2n) is 7.66. The first-order valence-corrected chi connectivity index (χ1v) is 9.36. The third-order valence-corrected chi connectivity index (χ3v) is 5.21. The van der Waals surface area contributed by atoms with E-state index < -0.39 is 11.5 Å². The zero-order chi connectivity index (χ0) is 18.7. The average Bonchev–Trinajstić information content (AvgIpc) is 3.43. The second-order valence-corrected chi connectivity index (χ2v) is 7.66. The zero-order valence-corrected chi connectivity index (χ0v) is 15.5. The van der Waals surface area contributed by atoms with Gasteiger partial charge in [0.2, 0.25) is 11.8 Å². The Bertz CT molecular complexity index is 667. The van der Waals surface area contributed by atoms with Gasteiger partial charge in [-0.15, -0.1) is 0 Å². The third kappa shape index (κ3) is 3.90. The topological polar surface area (TPSA) is 58.6 Å². The van der Waals surface area contributed by atoms with Crippen LogP contribution >= 0.6 is 0 Å². The molecule has 2 fully saturated rings. The number of ether oxygens (including phenoxy) is 1. The van der Waals surface area contributed by atoms with Gasteiger partial charge in [0.15, 0.2) is 0 Å². The van der Waals surface area contributed by atoms with Crippen LogP contribution in [0.3, 0.4) is 0 Å². The molecule has 1 saturated heterocycles. The van der Waals surface area contributed by atoms with E-state index in [1.165, 1.54) is 6.07 Å². The molecule has 5 nitrogen and oxygen atoms in total. The lowest BCUT2D eigenvalue weighted by molar-refractivity contribution is -0.140. The van der Waals surface area contributed by atoms with Crippen molar-refractivity contribution in [3.63, 3.8) is 0 Å². The minimum Gasteiger partial charge on any atom is -0.378 e. The van der Waals surface area contributed by atoms with Gasteiger partial charge in [0, 0.05) is 18.7 Å². The van der Waals surface area contributed by atoms with Crippen LogP contribution in [0.15, 0.2) is 24.3 Å². The van der Waals surface area contributed by atoms with E-state index in [4.69, 9.17) is 4.74 Å². The highest BCUT2D eigenvalue weighted by molar-refractivity contribution is 5.95. The quantitative estimate of drug-likeness (QED) is 0.844. The lowest BCUT2D eigenvalue weighted by Crippen LogP contribution is -2.53. The molecule has 142 valence electrons. The number of carbonyl (C=O) groups is 2. The summed E-state index contributed by atoms with van der Waals surface area (Å²) in [4.78, 5) is 27.6. The summed E-state index contributed by atoms with van der Waals surface area (Å²) in [6, 6.07) is 5.84. The van der Waals surface area contributed by atoms with Gasteiger partial charge in [-0.2, -0.15) is 0 Å². The number of hydrogen-bond acceptors (Lipinski definition) is 3. The molecular formula is C20H27FN2O3. The van der Waals surface area contributed by atoms with Crippen molar-refractivity contribution in [2.45, 2.75) is 44.6 Å². The van der Waals surface area contributed by atoms with E-state index in [1.807, 2.05) is 13.8 Å². The van der Waals surface area contributed by atoms with Gasteiger partial charge in [0.1, 0.15) is 11.9 Å². The molecule has 1 N–H and O–H groups in total. The van der Waals surface area contributed by atoms with Gasteiger partial charge in [0.05, 0.1) is 18.6 Å². The summed E-state index contributed by atoms with van der Waals surface area (Å²) < 4.78 is 19.5. The fourth-order valence-electron chi connectivity index (χ4n) is 3.59. The zero-order valence-electron chi connectivity index (χ0n) is 15.5. The first kappa shape index (κ1) is 18.8. The first-order chi connectivity index (χ1) is 12.4. The average molecular weight is 362 g/mol. The van der Waals surface area contributed by atoms with Crippen LogP contribution in [0.1, 0.15) is 38.7 Å². The molecule has 1 unspecified atom stereocenters. The SMILES string of the molecule is CC(C)CC(NC(=O)C1(c2ccccc2F)CC1)C(=O)N1CCOCC1. The number of hydrogen-bond donors (Lipinski definition) is 1. The van der Waals surface area contributed by atoms with E-state index in [2.05, 4.69) is 5.32 Å². The molecule has 1 heterocycles. The molecule has 1 atom stereocenters. The number of carbonyl (C=O) groups excluding carboxylic acids is 2. The van der Waals surface area contributed by atoms with Crippen molar-refractivity contribution in [1.29, 1.82) is 0 Å². The van der Waals surface area contributed by atoms with Crippen LogP contribution < -0.4 is 5.32 Å². The van der Waals surface area contributed by atoms with E-state index >= 15 is 0 Å². The first-order valence-electron chi connectivity index (χ1n) is 9.36. The van der Waals surface area contributed by atoms with Crippen molar-refractivity contribution in [3.8, 4) is 0 Å². The Kier molecular flexibility index (Phi) is 5.61. The van der Waals surface area contributed by atoms with Crippen molar-refractivity contribution < 1.29 is 18.7 Å². The fourth-order valence-corrected chi connectivity index (χ4v) is 3.59. The highest BCUT2D eigenvalue weighted by atomic mass is 19.1. The van der Waals surface area contributed by atoms with Crippen LogP contribution in [0.25, 0.3) is 0 Å². The Morgan fingerprint density at radius 3 is 2.46 bits per heavy atom. The number of nitrogens with one attached hydrogen (secondary N) is 1. The third-order valence-electron chi connectivity index (χ3n) is 5.21. The number of amides is 2. The van der Waals surface area contributed by atoms with Crippen molar-refractivity contribution >= 4 is 11.8 Å². The Morgan fingerprint density at radius 2 is 1.88 bits per heavy atom. The van der Waals surface area contributed by atoms with Gasteiger partial charge >= 0.3 is 0 Å². The molecule has 6 heteroatoms. The van der Waals surface area contributed by atoms with Crippen LogP contribution in [0.5, 0.6) is 0 Å². The van der Waals surface area contributed by atoms with Gasteiger partial charge in [-0.3, -0.25) is 9.59 Å². The standard InChI is InChI=1S/C20H27FN2O3/c1-14(2)13-17(18(24)23-9-11-26-12-10-23)22-19(25)20(7-8-20)15-5-3-4-6-16(15)21/h3-6,14,17H,7-13H2,1-2H3,(H,22,25). The Hall–Kier alpha value is -1.95. The lowest BCUT2D eigenvalue weighted by Gasteiger charge is -2.32. The van der Waals surface area contributed by atoms with E-state index in [-0.39, 0.29) is 23.5 Å². The molecule has 1 saturated carbocycles. The molecule has 26 heavy (non-hydrogen) atoms. The van der Waals surface area contributed by atoms with E-state index in [0.29, 0.717) is 51.1 Å². The van der Waals surface area contributed by atoms with Gasteiger partial charge in [-0.05, 0) is 31.2 Å². The van der Waals surface area contributed by atoms with E-state index in [9.17, 15) is 14.0 Å². The monoisotopic (exact) mass is 362 g/mol. The van der Waals surface area contributed by atoms with Crippen LogP contribution in [-0.4, -0.2) is 49.1 Å². The normalized spacial score (nSPS) is 19.9. The molecule has 0 spiro atoms. The summed E-state index contributed by atoms with van der Waals surface area (Å²) in [5.74, 6) is -0.413. The maximum absolute atomic E-state index is 14.2. The van der Waals surface area contributed by atoms with Crippen molar-refractivity contribution in [2.75, 3.05) is 26.3 Å². The predicted molar refractivity (Wildman–Crippen MR) is 96.1 cm³/mol. The molecule has 0 bridgehead atoms. The molecule has 2 amide bonds. The van der Waals surface area contributed by atoms with Crippen molar-refractivity contribution in [2.24, 2.45) is 5.92 Å². The lowest BCUT2D eigenvalue weighted by atomic mass is 9.93. The number of halogens is 1. The van der Waals surface area contributed by atoms with Gasteiger partial charge in [-0.25, -0.2) is 4.39 Å². The Morgan fingerprint density at radius 1 is 1.23 bits per heavy atom. The molecule has 2 aliphatic rings. The molecule has 0 radical (unpaired) electrons. The van der Waals surface area contributed by atoms with Crippen molar-refractivity contribution in [3.05, 3.63) is 35.6 Å². The van der Waals surface area contributed by atoms with Crippen LogP contribution in [0.4, 0.5) is 4.39 Å². The Balaban J connectivity index is 1.75. The van der Waals surface area contributed by atoms with Gasteiger partial charge in [-0.1, -0.05) is 32.0 Å². The summed E-state index contributed by atoms with van der Waals surface area (Å²) in [5.41, 5.74) is -0.397. The molecule has 3 rings (SSSR count). The van der Waals surface area contributed by atoms with Gasteiger partial charge in [0.25, 0.3) is 0 Å². The summed E-state index contributed by atoms with van der Waals surface area (Å²) in [6.07, 6.45) is 1.79. The summed E-state index contributed by atoms with van der Waals surface area (Å²) in [7, 11) is 0. The molecule has 1 aliphatic carbocycles. The maximum Gasteiger partial charge on any atom is 0.245 e. The summed E-state index contributed by atoms with van der Waals surface area (Å²) in [6.45, 7) is 6.18. The number of benzene rings is 1. The molecule has 1 aliphatic heterocycles. The molecule has 1 aromatic carbocycles. The molecule has 0 aromatic heterocycles. The molecular weight excluding hydrogens is 335 g/mol. The predicted octanol–water partition coefficient (Wildman–Crippen LogP) is 2.25. The van der Waals surface area contributed by atoms with Crippen LogP contribution in [0, 0.1) is 11.7 Å². The van der Waals surface area contributed by atoms with Crippen LogP contribution in [0.2, 0.25) is 0 Å². The number of nitrogens with zero attached hydrogens (tertiary/aromatic N) is 1. The summed E-state index contributed by atoms with van der Waals surface area (Å²) >= 11 is 0. The summed E-state index contributed by atoms with van der Waals surface area (Å²) in [5, 5.41) is 2.94. The second kappa shape index (κ2) is 7.74. The van der Waals surface area contributed by atoms with E-state index in [0.717, 1.165) is 0 Å². The largest absolute Gasteiger partial charge is 0.378 e. The van der Waals surface area contributed by atoms with Crippen LogP contribution in [-0.2, 0) is 19.7 Å². The minimum atomic E-state index is -0.828.